The van der Waals surface area contributed by atoms with Crippen molar-refractivity contribution in [2.24, 2.45) is 0 Å². The Morgan fingerprint density at radius 3 is 2.59 bits per heavy atom. The molecule has 8 heteroatoms. The molecule has 174 valence electrons. The molecule has 0 spiro atoms. The van der Waals surface area contributed by atoms with Crippen molar-refractivity contribution in [3.8, 4) is 16.9 Å². The molecule has 1 fully saturated rings. The zero-order chi connectivity index (χ0) is 23.5. The number of amides is 1. The second-order valence-corrected chi connectivity index (χ2v) is 8.41. The Balaban J connectivity index is 1.89. The summed E-state index contributed by atoms with van der Waals surface area (Å²) >= 11 is 0. The molecule has 1 aliphatic rings. The van der Waals surface area contributed by atoms with Crippen LogP contribution in [0.2, 0.25) is 0 Å². The predicted octanol–water partition coefficient (Wildman–Crippen LogP) is 2.42. The van der Waals surface area contributed by atoms with Crippen molar-refractivity contribution < 1.29 is 33.6 Å². The molecule has 4 atom stereocenters. The number of carbonyl (C=O) groups excluding carboxylic acids is 1. The van der Waals surface area contributed by atoms with Crippen molar-refractivity contribution in [1.82, 2.24) is 5.32 Å². The van der Waals surface area contributed by atoms with Gasteiger partial charge in [0.05, 0.1) is 5.60 Å². The quantitative estimate of drug-likeness (QED) is 0.603. The van der Waals surface area contributed by atoms with E-state index in [9.17, 15) is 19.4 Å². The minimum Gasteiger partial charge on any atom is -0.462 e. The number of aliphatic hydroxyl groups is 2. The van der Waals surface area contributed by atoms with Crippen LogP contribution in [0.15, 0.2) is 42.5 Å². The molecule has 1 saturated heterocycles. The van der Waals surface area contributed by atoms with Crippen LogP contribution in [0.1, 0.15) is 26.3 Å². The fourth-order valence-electron chi connectivity index (χ4n) is 3.98. The van der Waals surface area contributed by atoms with Gasteiger partial charge in [-0.2, -0.15) is 0 Å². The summed E-state index contributed by atoms with van der Waals surface area (Å²) in [7, 11) is 1.44. The van der Waals surface area contributed by atoms with Crippen LogP contribution in [0.4, 0.5) is 4.39 Å². The number of rotatable bonds is 7. The van der Waals surface area contributed by atoms with Gasteiger partial charge in [-0.15, -0.1) is 0 Å². The number of nitrogens with one attached hydrogen (secondary N) is 1. The fourth-order valence-corrected chi connectivity index (χ4v) is 3.98. The highest BCUT2D eigenvalue weighted by Gasteiger charge is 2.50. The number of ether oxygens (including phenoxy) is 3. The van der Waals surface area contributed by atoms with Gasteiger partial charge in [-0.3, -0.25) is 4.79 Å². The zero-order valence-electron chi connectivity index (χ0n) is 18.7. The smallest absolute Gasteiger partial charge is 0.229 e. The molecule has 1 amide bonds. The van der Waals surface area contributed by atoms with Crippen molar-refractivity contribution in [3.63, 3.8) is 0 Å². The van der Waals surface area contributed by atoms with E-state index in [1.54, 1.807) is 38.1 Å². The van der Waals surface area contributed by atoms with Crippen LogP contribution < -0.4 is 10.1 Å². The summed E-state index contributed by atoms with van der Waals surface area (Å²) in [5.41, 5.74) is 1.37. The van der Waals surface area contributed by atoms with Crippen molar-refractivity contribution in [2.75, 3.05) is 13.7 Å². The number of methoxy groups -OCH3 is 1. The van der Waals surface area contributed by atoms with Gasteiger partial charge < -0.3 is 29.7 Å². The minimum absolute atomic E-state index is 0.128. The summed E-state index contributed by atoms with van der Waals surface area (Å²) in [6.45, 7) is 5.37. The maximum absolute atomic E-state index is 13.9. The van der Waals surface area contributed by atoms with Gasteiger partial charge >= 0.3 is 0 Å². The highest BCUT2D eigenvalue weighted by Crippen LogP contribution is 2.34. The summed E-state index contributed by atoms with van der Waals surface area (Å²) in [4.78, 5) is 11.2. The SMILES string of the molecule is COC1C(O)C(O)C(Oc2ccc(CCNC(C)=O)c(-c3cccc(F)c3)c2)OC1(C)C. The summed E-state index contributed by atoms with van der Waals surface area (Å²) in [6.07, 6.45) is -3.85. The lowest BCUT2D eigenvalue weighted by molar-refractivity contribution is -0.305. The Bertz CT molecular complexity index is 950. The number of carbonyl (C=O) groups is 1. The van der Waals surface area contributed by atoms with Crippen LogP contribution in [-0.4, -0.2) is 60.0 Å². The van der Waals surface area contributed by atoms with Gasteiger partial charge in [-0.1, -0.05) is 18.2 Å². The Morgan fingerprint density at radius 2 is 1.94 bits per heavy atom. The molecule has 4 unspecified atom stereocenters. The van der Waals surface area contributed by atoms with Gasteiger partial charge in [-0.05, 0) is 61.2 Å². The summed E-state index contributed by atoms with van der Waals surface area (Å²) in [6, 6.07) is 11.5. The molecule has 2 aromatic rings. The van der Waals surface area contributed by atoms with Crippen molar-refractivity contribution in [2.45, 2.75) is 57.4 Å². The van der Waals surface area contributed by atoms with Gasteiger partial charge in [0.15, 0.2) is 0 Å². The minimum atomic E-state index is -1.33. The van der Waals surface area contributed by atoms with Gasteiger partial charge in [0.2, 0.25) is 12.2 Å². The lowest BCUT2D eigenvalue weighted by atomic mass is 9.89. The largest absolute Gasteiger partial charge is 0.462 e. The third-order valence-corrected chi connectivity index (χ3v) is 5.54. The monoisotopic (exact) mass is 447 g/mol. The lowest BCUT2D eigenvalue weighted by Gasteiger charge is -2.46. The van der Waals surface area contributed by atoms with Crippen LogP contribution in [0.3, 0.4) is 0 Å². The maximum Gasteiger partial charge on any atom is 0.229 e. The number of hydrogen-bond acceptors (Lipinski definition) is 6. The number of halogens is 1. The average Bonchev–Trinajstić information content (AvgIpc) is 2.72. The van der Waals surface area contributed by atoms with Gasteiger partial charge in [0, 0.05) is 20.6 Å². The topological polar surface area (TPSA) is 97.3 Å². The summed E-state index contributed by atoms with van der Waals surface area (Å²) in [5, 5.41) is 23.7. The number of hydrogen-bond donors (Lipinski definition) is 3. The standard InChI is InChI=1S/C24H30FNO6/c1-14(27)26-11-10-15-8-9-18(13-19(15)16-6-5-7-17(25)12-16)31-23-21(29)20(28)22(30-4)24(2,3)32-23/h5-9,12-13,20-23,28-29H,10-11H2,1-4H3,(H,26,27). The molecular weight excluding hydrogens is 417 g/mol. The molecule has 0 saturated carbocycles. The first-order valence-corrected chi connectivity index (χ1v) is 10.5. The maximum atomic E-state index is 13.9. The second-order valence-electron chi connectivity index (χ2n) is 8.41. The van der Waals surface area contributed by atoms with Crippen molar-refractivity contribution in [3.05, 3.63) is 53.8 Å². The summed E-state index contributed by atoms with van der Waals surface area (Å²) in [5.74, 6) is -0.116. The summed E-state index contributed by atoms with van der Waals surface area (Å²) < 4.78 is 31.0. The van der Waals surface area contributed by atoms with Crippen LogP contribution in [-0.2, 0) is 20.7 Å². The normalized spacial score (nSPS) is 24.7. The molecule has 0 aromatic heterocycles. The van der Waals surface area contributed by atoms with E-state index in [1.165, 1.54) is 26.2 Å². The van der Waals surface area contributed by atoms with E-state index < -0.39 is 30.2 Å². The first-order chi connectivity index (χ1) is 15.1. The molecule has 2 aromatic carbocycles. The van der Waals surface area contributed by atoms with E-state index in [0.717, 1.165) is 11.1 Å². The van der Waals surface area contributed by atoms with Gasteiger partial charge in [0.1, 0.15) is 29.9 Å². The Morgan fingerprint density at radius 1 is 1.19 bits per heavy atom. The van der Waals surface area contributed by atoms with Crippen molar-refractivity contribution >= 4 is 5.91 Å². The highest BCUT2D eigenvalue weighted by atomic mass is 19.1. The van der Waals surface area contributed by atoms with Gasteiger partial charge in [0.25, 0.3) is 0 Å². The molecule has 0 bridgehead atoms. The Kier molecular flexibility index (Phi) is 7.51. The van der Waals surface area contributed by atoms with E-state index in [4.69, 9.17) is 14.2 Å². The predicted molar refractivity (Wildman–Crippen MR) is 117 cm³/mol. The van der Waals surface area contributed by atoms with Gasteiger partial charge in [-0.25, -0.2) is 4.39 Å². The molecule has 0 radical (unpaired) electrons. The first-order valence-electron chi connectivity index (χ1n) is 10.5. The van der Waals surface area contributed by atoms with Crippen LogP contribution in [0, 0.1) is 5.82 Å². The molecule has 32 heavy (non-hydrogen) atoms. The third kappa shape index (κ3) is 5.45. The van der Waals surface area contributed by atoms with Crippen molar-refractivity contribution in [1.29, 1.82) is 0 Å². The number of benzene rings is 2. The number of aliphatic hydroxyl groups excluding tert-OH is 2. The Labute approximate surface area is 187 Å². The molecule has 3 N–H and O–H groups in total. The fraction of sp³-hybridized carbons (Fsp3) is 0.458. The van der Waals surface area contributed by atoms with E-state index in [2.05, 4.69) is 5.32 Å². The van der Waals surface area contributed by atoms with E-state index in [-0.39, 0.29) is 11.7 Å². The lowest BCUT2D eigenvalue weighted by Crippen LogP contribution is -2.63. The zero-order valence-corrected chi connectivity index (χ0v) is 18.7. The molecular formula is C24H30FNO6. The van der Waals surface area contributed by atoms with Crippen LogP contribution >= 0.6 is 0 Å². The molecule has 1 aliphatic heterocycles. The highest BCUT2D eigenvalue weighted by molar-refractivity contribution is 5.73. The average molecular weight is 448 g/mol. The Hall–Kier alpha value is -2.52. The first kappa shape index (κ1) is 24.1. The second kappa shape index (κ2) is 9.95. The molecule has 3 rings (SSSR count). The van der Waals surface area contributed by atoms with E-state index in [1.807, 2.05) is 6.07 Å². The van der Waals surface area contributed by atoms with E-state index >= 15 is 0 Å². The molecule has 1 heterocycles. The molecule has 0 aliphatic carbocycles. The van der Waals surface area contributed by atoms with Crippen LogP contribution in [0.5, 0.6) is 5.75 Å². The molecule has 7 nitrogen and oxygen atoms in total. The van der Waals surface area contributed by atoms with E-state index in [0.29, 0.717) is 24.3 Å². The van der Waals surface area contributed by atoms with Crippen LogP contribution in [0.25, 0.3) is 11.1 Å². The third-order valence-electron chi connectivity index (χ3n) is 5.54.